The van der Waals surface area contributed by atoms with Crippen molar-refractivity contribution in [3.8, 4) is 22.3 Å². The van der Waals surface area contributed by atoms with E-state index in [1.807, 2.05) is 6.20 Å². The summed E-state index contributed by atoms with van der Waals surface area (Å²) in [6, 6.07) is 24.1. The number of H-pyrrole nitrogens is 1. The SMILES string of the molecule is c1ccc(-c2ccc3c(c2)-c2c(ccc4[nH]ccc24)C3)cc1. The van der Waals surface area contributed by atoms with Crippen molar-refractivity contribution in [1.29, 1.82) is 0 Å². The van der Waals surface area contributed by atoms with Crippen LogP contribution in [-0.2, 0) is 6.42 Å². The van der Waals surface area contributed by atoms with E-state index in [2.05, 4.69) is 71.7 Å². The molecule has 0 unspecified atom stereocenters. The average molecular weight is 281 g/mol. The third kappa shape index (κ3) is 1.59. The molecule has 0 saturated carbocycles. The molecule has 1 aliphatic rings. The molecule has 1 N–H and O–H groups in total. The third-order valence-electron chi connectivity index (χ3n) is 4.69. The number of aromatic amines is 1. The van der Waals surface area contributed by atoms with Gasteiger partial charge >= 0.3 is 0 Å². The van der Waals surface area contributed by atoms with Gasteiger partial charge in [-0.15, -0.1) is 0 Å². The topological polar surface area (TPSA) is 15.8 Å². The summed E-state index contributed by atoms with van der Waals surface area (Å²) in [6.45, 7) is 0. The summed E-state index contributed by atoms with van der Waals surface area (Å²) in [6.07, 6.45) is 3.07. The van der Waals surface area contributed by atoms with Crippen molar-refractivity contribution in [3.05, 3.63) is 84.1 Å². The second kappa shape index (κ2) is 4.35. The van der Waals surface area contributed by atoms with Crippen LogP contribution in [0.25, 0.3) is 33.2 Å². The Bertz CT molecular complexity index is 993. The van der Waals surface area contributed by atoms with Crippen LogP contribution in [0.3, 0.4) is 0 Å². The largest absolute Gasteiger partial charge is 0.361 e. The van der Waals surface area contributed by atoms with E-state index in [9.17, 15) is 0 Å². The Morgan fingerprint density at radius 3 is 2.50 bits per heavy atom. The number of nitrogens with one attached hydrogen (secondary N) is 1. The molecule has 1 aromatic heterocycles. The fourth-order valence-corrected chi connectivity index (χ4v) is 3.62. The van der Waals surface area contributed by atoms with E-state index in [0.717, 1.165) is 6.42 Å². The molecule has 0 atom stereocenters. The van der Waals surface area contributed by atoms with Gasteiger partial charge in [0, 0.05) is 17.1 Å². The first-order chi connectivity index (χ1) is 10.9. The maximum absolute atomic E-state index is 3.33. The highest BCUT2D eigenvalue weighted by Gasteiger charge is 2.21. The van der Waals surface area contributed by atoms with E-state index in [1.54, 1.807) is 0 Å². The van der Waals surface area contributed by atoms with Crippen LogP contribution in [0.1, 0.15) is 11.1 Å². The zero-order chi connectivity index (χ0) is 14.5. The van der Waals surface area contributed by atoms with Crippen molar-refractivity contribution >= 4 is 10.9 Å². The van der Waals surface area contributed by atoms with E-state index in [1.165, 1.54) is 44.3 Å². The minimum absolute atomic E-state index is 1.04. The van der Waals surface area contributed by atoms with Gasteiger partial charge in [0.1, 0.15) is 0 Å². The summed E-state index contributed by atoms with van der Waals surface area (Å²) < 4.78 is 0. The molecule has 5 rings (SSSR count). The quantitative estimate of drug-likeness (QED) is 0.423. The summed E-state index contributed by atoms with van der Waals surface area (Å²) in [5.41, 5.74) is 9.46. The molecule has 0 aliphatic heterocycles. The lowest BCUT2D eigenvalue weighted by Gasteiger charge is -2.07. The molecule has 1 heterocycles. The molecule has 22 heavy (non-hydrogen) atoms. The molecule has 1 nitrogen and oxygen atoms in total. The van der Waals surface area contributed by atoms with Crippen LogP contribution in [0.5, 0.6) is 0 Å². The lowest BCUT2D eigenvalue weighted by molar-refractivity contribution is 1.27. The predicted octanol–water partition coefficient (Wildman–Crippen LogP) is 5.41. The summed E-state index contributed by atoms with van der Waals surface area (Å²) in [4.78, 5) is 3.33. The van der Waals surface area contributed by atoms with Gasteiger partial charge in [0.25, 0.3) is 0 Å². The first-order valence-corrected chi connectivity index (χ1v) is 7.68. The Morgan fingerprint density at radius 2 is 1.59 bits per heavy atom. The molecule has 3 aromatic carbocycles. The van der Waals surface area contributed by atoms with Crippen molar-refractivity contribution in [3.63, 3.8) is 0 Å². The Balaban J connectivity index is 1.78. The second-order valence-electron chi connectivity index (χ2n) is 5.95. The van der Waals surface area contributed by atoms with Crippen molar-refractivity contribution < 1.29 is 0 Å². The Kier molecular flexibility index (Phi) is 2.33. The maximum atomic E-state index is 3.33. The van der Waals surface area contributed by atoms with Gasteiger partial charge in [0.05, 0.1) is 0 Å². The molecule has 0 bridgehead atoms. The summed E-state index contributed by atoms with van der Waals surface area (Å²) >= 11 is 0. The zero-order valence-corrected chi connectivity index (χ0v) is 12.1. The van der Waals surface area contributed by atoms with Gasteiger partial charge in [-0.2, -0.15) is 0 Å². The first kappa shape index (κ1) is 11.8. The van der Waals surface area contributed by atoms with E-state index < -0.39 is 0 Å². The number of aromatic nitrogens is 1. The van der Waals surface area contributed by atoms with E-state index >= 15 is 0 Å². The van der Waals surface area contributed by atoms with E-state index in [0.29, 0.717) is 0 Å². The second-order valence-corrected chi connectivity index (χ2v) is 5.95. The molecule has 104 valence electrons. The molecular formula is C21H15N. The highest BCUT2D eigenvalue weighted by Crippen LogP contribution is 2.42. The van der Waals surface area contributed by atoms with Crippen LogP contribution in [0.15, 0.2) is 72.9 Å². The van der Waals surface area contributed by atoms with E-state index in [4.69, 9.17) is 0 Å². The van der Waals surface area contributed by atoms with E-state index in [-0.39, 0.29) is 0 Å². The molecule has 0 saturated heterocycles. The number of hydrogen-bond acceptors (Lipinski definition) is 0. The van der Waals surface area contributed by atoms with Crippen molar-refractivity contribution in [2.75, 3.05) is 0 Å². The first-order valence-electron chi connectivity index (χ1n) is 7.68. The van der Waals surface area contributed by atoms with Crippen LogP contribution in [0.4, 0.5) is 0 Å². The van der Waals surface area contributed by atoms with Gasteiger partial charge in [0.2, 0.25) is 0 Å². The number of hydrogen-bond donors (Lipinski definition) is 1. The molecule has 0 amide bonds. The van der Waals surface area contributed by atoms with Gasteiger partial charge in [-0.1, -0.05) is 48.5 Å². The fourth-order valence-electron chi connectivity index (χ4n) is 3.62. The molecule has 0 spiro atoms. The lowest BCUT2D eigenvalue weighted by Crippen LogP contribution is -1.83. The van der Waals surface area contributed by atoms with Crippen molar-refractivity contribution in [2.24, 2.45) is 0 Å². The van der Waals surface area contributed by atoms with Gasteiger partial charge in [-0.3, -0.25) is 0 Å². The van der Waals surface area contributed by atoms with Crippen molar-refractivity contribution in [2.45, 2.75) is 6.42 Å². The van der Waals surface area contributed by atoms with Crippen LogP contribution in [0, 0.1) is 0 Å². The Hall–Kier alpha value is -2.80. The molecule has 0 radical (unpaired) electrons. The number of benzene rings is 3. The average Bonchev–Trinajstić information content (AvgIpc) is 3.18. The van der Waals surface area contributed by atoms with Gasteiger partial charge in [-0.25, -0.2) is 0 Å². The highest BCUT2D eigenvalue weighted by atomic mass is 14.7. The summed E-state index contributed by atoms with van der Waals surface area (Å²) in [7, 11) is 0. The maximum Gasteiger partial charge on any atom is 0.0460 e. The molecule has 1 heteroatoms. The normalized spacial score (nSPS) is 12.4. The van der Waals surface area contributed by atoms with Gasteiger partial charge in [0.15, 0.2) is 0 Å². The van der Waals surface area contributed by atoms with Gasteiger partial charge < -0.3 is 4.98 Å². The monoisotopic (exact) mass is 281 g/mol. The molecule has 1 aliphatic carbocycles. The summed E-state index contributed by atoms with van der Waals surface area (Å²) in [5.74, 6) is 0. The van der Waals surface area contributed by atoms with Crippen LogP contribution in [-0.4, -0.2) is 4.98 Å². The minimum Gasteiger partial charge on any atom is -0.361 e. The minimum atomic E-state index is 1.04. The standard InChI is InChI=1S/C21H15N/c1-2-4-14(5-3-1)15-6-7-16-12-17-8-9-20-18(10-11-22-20)21(17)19(16)13-15/h1-11,13,22H,12H2. The van der Waals surface area contributed by atoms with Crippen LogP contribution < -0.4 is 0 Å². The smallest absolute Gasteiger partial charge is 0.0460 e. The van der Waals surface area contributed by atoms with Crippen LogP contribution >= 0.6 is 0 Å². The number of fused-ring (bicyclic) bond motifs is 5. The predicted molar refractivity (Wildman–Crippen MR) is 92.0 cm³/mol. The third-order valence-corrected chi connectivity index (χ3v) is 4.69. The zero-order valence-electron chi connectivity index (χ0n) is 12.1. The Morgan fingerprint density at radius 1 is 0.727 bits per heavy atom. The molecule has 4 aromatic rings. The summed E-state index contributed by atoms with van der Waals surface area (Å²) in [5, 5.41) is 1.33. The fraction of sp³-hybridized carbons (Fsp3) is 0.0476. The highest BCUT2D eigenvalue weighted by molar-refractivity contribution is 6.00. The molecule has 0 fully saturated rings. The molecular weight excluding hydrogens is 266 g/mol. The van der Waals surface area contributed by atoms with Crippen LogP contribution in [0.2, 0.25) is 0 Å². The number of rotatable bonds is 1. The lowest BCUT2D eigenvalue weighted by atomic mass is 9.97. The van der Waals surface area contributed by atoms with Crippen molar-refractivity contribution in [1.82, 2.24) is 4.98 Å². The Labute approximate surface area is 129 Å². The van der Waals surface area contributed by atoms with Gasteiger partial charge in [-0.05, 0) is 58.0 Å².